The summed E-state index contributed by atoms with van der Waals surface area (Å²) in [6, 6.07) is 30.6. The lowest BCUT2D eigenvalue weighted by atomic mass is 10.0. The van der Waals surface area contributed by atoms with Crippen molar-refractivity contribution in [3.05, 3.63) is 172 Å². The number of ether oxygens (including phenoxy) is 5. The van der Waals surface area contributed by atoms with Gasteiger partial charge >= 0.3 is 6.09 Å². The molecule has 0 aromatic heterocycles. The van der Waals surface area contributed by atoms with E-state index >= 15 is 0 Å². The summed E-state index contributed by atoms with van der Waals surface area (Å²) in [5.41, 5.74) is 6.53. The first-order valence-electron chi connectivity index (χ1n) is 33.9. The van der Waals surface area contributed by atoms with E-state index in [-0.39, 0.29) is 97.0 Å². The normalized spacial score (nSPS) is 17.8. The minimum absolute atomic E-state index is 0.0475. The van der Waals surface area contributed by atoms with Crippen LogP contribution in [-0.2, 0) is 46.7 Å². The Balaban J connectivity index is 0.605. The highest BCUT2D eigenvalue weighted by Crippen LogP contribution is 2.57. The predicted molar refractivity (Wildman–Crippen MR) is 374 cm³/mol. The van der Waals surface area contributed by atoms with E-state index in [1.54, 1.807) is 83.1 Å². The fourth-order valence-corrected chi connectivity index (χ4v) is 13.2. The number of aliphatic hydroxyl groups excluding tert-OH is 1. The topological polar surface area (TPSA) is 305 Å². The first-order valence-corrected chi connectivity index (χ1v) is 33.9. The maximum absolute atomic E-state index is 14.5. The maximum Gasteiger partial charge on any atom is 0.416 e. The van der Waals surface area contributed by atoms with Crippen molar-refractivity contribution in [3.8, 4) is 34.8 Å². The van der Waals surface area contributed by atoms with Crippen molar-refractivity contribution in [2.45, 2.75) is 109 Å². The summed E-state index contributed by atoms with van der Waals surface area (Å²) in [5, 5.41) is 28.4. The smallest absolute Gasteiger partial charge is 0.416 e. The lowest BCUT2D eigenvalue weighted by Gasteiger charge is -2.31. The highest BCUT2D eigenvalue weighted by Gasteiger charge is 2.58. The summed E-state index contributed by atoms with van der Waals surface area (Å²) in [6.07, 6.45) is 2.17. The number of anilines is 4. The molecule has 6 aliphatic rings. The Kier molecular flexibility index (Phi) is 21.1. The Bertz CT molecular complexity index is 4380. The van der Waals surface area contributed by atoms with Crippen LogP contribution in [0, 0.1) is 29.0 Å². The minimum Gasteiger partial charge on any atom is -0.493 e. The van der Waals surface area contributed by atoms with E-state index in [4.69, 9.17) is 23.7 Å². The van der Waals surface area contributed by atoms with Crippen LogP contribution in [0.2, 0.25) is 0 Å². The van der Waals surface area contributed by atoms with Gasteiger partial charge in [0.25, 0.3) is 11.8 Å². The SMILES string of the molecule is COc1cc2c(cc1OCCCOc1cc3c(cc1OC)C(=O)N1CC4(CC4)C[C@H]1C(O)N3C(=O)OCc1ccc(NC(=O)[C@H](C)NC(=O)[C@@H](NC(=O)CNC(=O)CNC(=O)CCC(=O)N3Cc4ccccc4C#Cc4ccccc43)C(C)C)cc1)NC[C@@H]1CC(c3ccc(F)cc3)=CN1C2=O. The average molecular weight is 1390 g/mol. The number of halogens is 1. The van der Waals surface area contributed by atoms with Gasteiger partial charge in [-0.05, 0) is 121 Å². The number of carbonyl (C=O) groups excluding carboxylic acids is 9. The van der Waals surface area contributed by atoms with Gasteiger partial charge in [-0.25, -0.2) is 14.1 Å². The van der Waals surface area contributed by atoms with Gasteiger partial charge in [-0.1, -0.05) is 80.3 Å². The molecule has 0 bridgehead atoms. The third-order valence-electron chi connectivity index (χ3n) is 19.0. The Labute approximate surface area is 588 Å². The second-order valence-electron chi connectivity index (χ2n) is 26.4. The molecule has 6 aromatic rings. The molecular formula is C76H79FN10O15. The summed E-state index contributed by atoms with van der Waals surface area (Å²) in [7, 11) is 2.91. The molecule has 1 spiro atoms. The molecule has 102 heavy (non-hydrogen) atoms. The number of para-hydroxylation sites is 1. The van der Waals surface area contributed by atoms with Crippen molar-refractivity contribution < 1.29 is 76.3 Å². The zero-order valence-corrected chi connectivity index (χ0v) is 57.0. The number of hydrogen-bond donors (Lipinski definition) is 7. The van der Waals surface area contributed by atoms with Crippen LogP contribution in [0.15, 0.2) is 128 Å². The van der Waals surface area contributed by atoms with Crippen LogP contribution in [0.1, 0.15) is 114 Å². The van der Waals surface area contributed by atoms with Gasteiger partial charge in [0.1, 0.15) is 24.5 Å². The van der Waals surface area contributed by atoms with Gasteiger partial charge in [-0.3, -0.25) is 38.4 Å². The summed E-state index contributed by atoms with van der Waals surface area (Å²) >= 11 is 0. The molecule has 1 saturated carbocycles. The molecule has 530 valence electrons. The van der Waals surface area contributed by atoms with E-state index in [1.165, 1.54) is 45.4 Å². The third-order valence-corrected chi connectivity index (χ3v) is 19.0. The number of aliphatic hydroxyl groups is 1. The maximum atomic E-state index is 14.5. The summed E-state index contributed by atoms with van der Waals surface area (Å²) in [5.74, 6) is 2.52. The van der Waals surface area contributed by atoms with Crippen LogP contribution in [0.3, 0.4) is 0 Å². The zero-order chi connectivity index (χ0) is 71.9. The molecule has 1 saturated heterocycles. The molecule has 26 heteroatoms. The van der Waals surface area contributed by atoms with E-state index in [9.17, 15) is 52.6 Å². The van der Waals surface area contributed by atoms with Crippen LogP contribution in [0.25, 0.3) is 5.57 Å². The molecule has 12 rings (SSSR count). The van der Waals surface area contributed by atoms with Crippen molar-refractivity contribution in [2.75, 3.05) is 74.0 Å². The number of nitrogens with one attached hydrogen (secondary N) is 6. The van der Waals surface area contributed by atoms with Gasteiger partial charge in [0.05, 0.1) is 87.3 Å². The van der Waals surface area contributed by atoms with Gasteiger partial charge < -0.3 is 75.4 Å². The van der Waals surface area contributed by atoms with E-state index in [2.05, 4.69) is 43.7 Å². The van der Waals surface area contributed by atoms with Crippen molar-refractivity contribution in [3.63, 3.8) is 0 Å². The number of fused-ring (bicyclic) bond motifs is 6. The summed E-state index contributed by atoms with van der Waals surface area (Å²) in [4.78, 5) is 128. The summed E-state index contributed by atoms with van der Waals surface area (Å²) in [6.45, 7) is 4.91. The highest BCUT2D eigenvalue weighted by molar-refractivity contribution is 6.07. The van der Waals surface area contributed by atoms with Gasteiger partial charge in [0.2, 0.25) is 35.4 Å². The molecule has 0 radical (unpaired) electrons. The van der Waals surface area contributed by atoms with Crippen LogP contribution < -0.4 is 60.6 Å². The van der Waals surface area contributed by atoms with E-state index in [0.717, 1.165) is 40.0 Å². The van der Waals surface area contributed by atoms with Crippen LogP contribution >= 0.6 is 0 Å². The predicted octanol–water partition coefficient (Wildman–Crippen LogP) is 7.39. The fraction of sp³-hybridized carbons (Fsp3) is 0.355. The Hall–Kier alpha value is -11.5. The molecule has 25 nitrogen and oxygen atoms in total. The quantitative estimate of drug-likeness (QED) is 0.0230. The third kappa shape index (κ3) is 15.8. The van der Waals surface area contributed by atoms with Gasteiger partial charge in [0.15, 0.2) is 29.2 Å². The highest BCUT2D eigenvalue weighted by atomic mass is 19.1. The number of amides is 9. The number of nitrogens with zero attached hydrogens (tertiary/aromatic N) is 4. The van der Waals surface area contributed by atoms with Crippen LogP contribution in [-0.4, -0.2) is 152 Å². The van der Waals surface area contributed by atoms with Crippen LogP contribution in [0.5, 0.6) is 23.0 Å². The molecule has 5 heterocycles. The second-order valence-corrected chi connectivity index (χ2v) is 26.4. The molecule has 5 atom stereocenters. The number of rotatable bonds is 24. The van der Waals surface area contributed by atoms with E-state index in [1.807, 2.05) is 48.7 Å². The Morgan fingerprint density at radius 3 is 2.10 bits per heavy atom. The standard InChI is InChI=1S/C76H79FN10O15/c1-44(2)69(83-67(90)39-80-66(89)38-79-65(88)25-26-68(91)85-40-50-13-7-6-11-47(50)17-18-49-12-8-9-14-58(49)85)71(93)81-45(3)70(92)82-53-23-15-46(16-24-53)42-102-75(97)87-59-35-64(62(99-5)33-56(59)73(95)86-43-76(27-28-76)36-60(86)74(87)96)101-30-10-29-100-63-34-57-55(32-61(63)98-4)72(94)84-41-51(31-54(84)37-78-57)48-19-21-52(77)22-20-48/h6-9,11-16,19-24,32-35,41,44-45,54,60,69,74,78,96H,10,25-31,36-40,42-43H2,1-5H3,(H,79,88)(H,80,89)(H,81,93)(H,82,92)(H,83,90)/t45-,54-,60-,69-,74?/m0/s1. The molecule has 7 N–H and O–H groups in total. The lowest BCUT2D eigenvalue weighted by molar-refractivity contribution is -0.132. The van der Waals surface area contributed by atoms with E-state index in [0.29, 0.717) is 77.6 Å². The zero-order valence-electron chi connectivity index (χ0n) is 57.0. The van der Waals surface area contributed by atoms with Gasteiger partial charge in [-0.2, -0.15) is 0 Å². The first kappa shape index (κ1) is 70.4. The van der Waals surface area contributed by atoms with Crippen molar-refractivity contribution in [1.29, 1.82) is 0 Å². The van der Waals surface area contributed by atoms with Crippen molar-refractivity contribution in [1.82, 2.24) is 31.1 Å². The number of carbonyl (C=O) groups is 9. The minimum atomic E-state index is -1.51. The van der Waals surface area contributed by atoms with Gasteiger partial charge in [0, 0.05) is 67.5 Å². The molecule has 6 aromatic carbocycles. The average Bonchev–Trinajstić information content (AvgIpc) is 1.51. The largest absolute Gasteiger partial charge is 0.493 e. The first-order chi connectivity index (χ1) is 49.2. The fourth-order valence-electron chi connectivity index (χ4n) is 13.2. The van der Waals surface area contributed by atoms with E-state index < -0.39 is 79.0 Å². The second kappa shape index (κ2) is 30.6. The number of methoxy groups -OCH3 is 2. The number of hydrogen-bond acceptors (Lipinski definition) is 16. The Morgan fingerprint density at radius 1 is 0.716 bits per heavy atom. The molecular weight excluding hydrogens is 1310 g/mol. The number of benzene rings is 6. The molecule has 9 amide bonds. The van der Waals surface area contributed by atoms with Crippen LogP contribution in [0.4, 0.5) is 31.9 Å². The Morgan fingerprint density at radius 2 is 1.38 bits per heavy atom. The van der Waals surface area contributed by atoms with Crippen molar-refractivity contribution in [2.24, 2.45) is 11.3 Å². The molecule has 2 fully saturated rings. The molecule has 5 aliphatic heterocycles. The molecule has 1 unspecified atom stereocenters. The monoisotopic (exact) mass is 1390 g/mol. The van der Waals surface area contributed by atoms with Gasteiger partial charge in [-0.15, -0.1) is 0 Å². The van der Waals surface area contributed by atoms with Crippen molar-refractivity contribution >= 4 is 81.7 Å². The molecule has 1 aliphatic carbocycles. The summed E-state index contributed by atoms with van der Waals surface area (Å²) < 4.78 is 43.5. The lowest BCUT2D eigenvalue weighted by Crippen LogP contribution is -2.55.